The van der Waals surface area contributed by atoms with E-state index >= 15 is 0 Å². The molecule has 1 saturated carbocycles. The van der Waals surface area contributed by atoms with E-state index in [2.05, 4.69) is 13.5 Å². The Hall–Kier alpha value is -0.300. The van der Waals surface area contributed by atoms with Gasteiger partial charge in [0.05, 0.1) is 6.10 Å². The lowest BCUT2D eigenvalue weighted by Crippen LogP contribution is -2.24. The van der Waals surface area contributed by atoms with Crippen LogP contribution in [0.4, 0.5) is 0 Å². The van der Waals surface area contributed by atoms with E-state index < -0.39 is 0 Å². The molecule has 0 heterocycles. The van der Waals surface area contributed by atoms with Crippen molar-refractivity contribution in [3.8, 4) is 0 Å². The van der Waals surface area contributed by atoms with E-state index in [1.54, 1.807) is 0 Å². The molecule has 0 aromatic heterocycles. The molecular formula is C9H16O. The van der Waals surface area contributed by atoms with Crippen LogP contribution in [0.2, 0.25) is 0 Å². The van der Waals surface area contributed by atoms with Crippen LogP contribution in [0.1, 0.15) is 32.6 Å². The van der Waals surface area contributed by atoms with Crippen LogP contribution in [0.3, 0.4) is 0 Å². The Morgan fingerprint density at radius 3 is 2.90 bits per heavy atom. The van der Waals surface area contributed by atoms with Crippen molar-refractivity contribution in [2.75, 3.05) is 0 Å². The zero-order valence-electron chi connectivity index (χ0n) is 6.64. The largest absolute Gasteiger partial charge is 0.393 e. The second kappa shape index (κ2) is 3.20. The van der Waals surface area contributed by atoms with E-state index in [4.69, 9.17) is 0 Å². The van der Waals surface area contributed by atoms with E-state index in [0.717, 1.165) is 25.7 Å². The summed E-state index contributed by atoms with van der Waals surface area (Å²) < 4.78 is 0. The van der Waals surface area contributed by atoms with Crippen LogP contribution in [0.5, 0.6) is 0 Å². The minimum Gasteiger partial charge on any atom is -0.393 e. The molecule has 1 nitrogen and oxygen atoms in total. The Morgan fingerprint density at radius 1 is 1.70 bits per heavy atom. The fourth-order valence-corrected chi connectivity index (χ4v) is 1.62. The molecule has 10 heavy (non-hydrogen) atoms. The molecule has 0 spiro atoms. The predicted octanol–water partition coefficient (Wildman–Crippen LogP) is 2.11. The maximum Gasteiger partial charge on any atom is 0.0605 e. The summed E-state index contributed by atoms with van der Waals surface area (Å²) >= 11 is 0. The molecule has 1 rings (SSSR count). The van der Waals surface area contributed by atoms with Gasteiger partial charge in [-0.1, -0.05) is 25.5 Å². The van der Waals surface area contributed by atoms with Gasteiger partial charge in [-0.3, -0.25) is 0 Å². The Balaban J connectivity index is 2.43. The summed E-state index contributed by atoms with van der Waals surface area (Å²) in [5.74, 6) is 0.533. The highest BCUT2D eigenvalue weighted by Crippen LogP contribution is 2.29. The summed E-state index contributed by atoms with van der Waals surface area (Å²) in [7, 11) is 0. The molecule has 1 heteroatoms. The summed E-state index contributed by atoms with van der Waals surface area (Å²) in [5, 5.41) is 9.48. The molecule has 0 saturated heterocycles. The lowest BCUT2D eigenvalue weighted by molar-refractivity contribution is 0.0863. The van der Waals surface area contributed by atoms with Gasteiger partial charge in [0.1, 0.15) is 0 Å². The molecule has 1 aliphatic rings. The predicted molar refractivity (Wildman–Crippen MR) is 42.8 cm³/mol. The van der Waals surface area contributed by atoms with Crippen LogP contribution < -0.4 is 0 Å². The normalized spacial score (nSPS) is 34.4. The van der Waals surface area contributed by atoms with Gasteiger partial charge >= 0.3 is 0 Å². The summed E-state index contributed by atoms with van der Waals surface area (Å²) in [6.45, 7) is 6.01. The van der Waals surface area contributed by atoms with Gasteiger partial charge in [-0.25, -0.2) is 0 Å². The Kier molecular flexibility index (Phi) is 2.50. The zero-order chi connectivity index (χ0) is 7.56. The van der Waals surface area contributed by atoms with Crippen LogP contribution in [0, 0.1) is 5.92 Å². The third-order valence-corrected chi connectivity index (χ3v) is 2.44. The minimum absolute atomic E-state index is 0.105. The van der Waals surface area contributed by atoms with Crippen LogP contribution in [0.25, 0.3) is 0 Å². The van der Waals surface area contributed by atoms with E-state index in [-0.39, 0.29) is 6.10 Å². The van der Waals surface area contributed by atoms with Crippen molar-refractivity contribution in [1.82, 2.24) is 0 Å². The van der Waals surface area contributed by atoms with E-state index in [1.165, 1.54) is 5.57 Å². The van der Waals surface area contributed by atoms with Gasteiger partial charge in [0.2, 0.25) is 0 Å². The molecule has 0 unspecified atom stereocenters. The summed E-state index contributed by atoms with van der Waals surface area (Å²) in [4.78, 5) is 0. The van der Waals surface area contributed by atoms with Crippen LogP contribution in [-0.4, -0.2) is 11.2 Å². The lowest BCUT2D eigenvalue weighted by atomic mass is 9.83. The SMILES string of the molecule is C=C1CC[C@@H](CC)[C@@H](O)C1. The quantitative estimate of drug-likeness (QED) is 0.553. The van der Waals surface area contributed by atoms with Crippen molar-refractivity contribution < 1.29 is 5.11 Å². The molecule has 0 radical (unpaired) electrons. The van der Waals surface area contributed by atoms with Gasteiger partial charge in [0.25, 0.3) is 0 Å². The monoisotopic (exact) mass is 140 g/mol. The highest BCUT2D eigenvalue weighted by molar-refractivity contribution is 5.01. The van der Waals surface area contributed by atoms with Gasteiger partial charge in [0, 0.05) is 0 Å². The third-order valence-electron chi connectivity index (χ3n) is 2.44. The molecule has 1 aliphatic carbocycles. The average Bonchev–Trinajstić information content (AvgIpc) is 1.88. The Bertz CT molecular complexity index is 129. The minimum atomic E-state index is -0.105. The molecule has 0 aliphatic heterocycles. The molecule has 0 aromatic carbocycles. The van der Waals surface area contributed by atoms with E-state index in [0.29, 0.717) is 5.92 Å². The van der Waals surface area contributed by atoms with Crippen molar-refractivity contribution in [2.24, 2.45) is 5.92 Å². The highest BCUT2D eigenvalue weighted by Gasteiger charge is 2.22. The lowest BCUT2D eigenvalue weighted by Gasteiger charge is -2.27. The Morgan fingerprint density at radius 2 is 2.40 bits per heavy atom. The van der Waals surface area contributed by atoms with E-state index in [9.17, 15) is 5.11 Å². The zero-order valence-corrected chi connectivity index (χ0v) is 6.64. The highest BCUT2D eigenvalue weighted by atomic mass is 16.3. The average molecular weight is 140 g/mol. The van der Waals surface area contributed by atoms with Gasteiger partial charge in [-0.2, -0.15) is 0 Å². The fraction of sp³-hybridized carbons (Fsp3) is 0.778. The maximum atomic E-state index is 9.48. The van der Waals surface area contributed by atoms with Crippen LogP contribution >= 0.6 is 0 Å². The smallest absolute Gasteiger partial charge is 0.0605 e. The first-order valence-corrected chi connectivity index (χ1v) is 4.08. The molecule has 1 N–H and O–H groups in total. The number of rotatable bonds is 1. The van der Waals surface area contributed by atoms with Crippen molar-refractivity contribution in [1.29, 1.82) is 0 Å². The second-order valence-corrected chi connectivity index (χ2v) is 3.23. The number of hydrogen-bond donors (Lipinski definition) is 1. The third kappa shape index (κ3) is 1.60. The van der Waals surface area contributed by atoms with Gasteiger partial charge in [-0.05, 0) is 25.2 Å². The first-order chi connectivity index (χ1) is 4.74. The van der Waals surface area contributed by atoms with Gasteiger partial charge < -0.3 is 5.11 Å². The summed E-state index contributed by atoms with van der Waals surface area (Å²) in [5.41, 5.74) is 1.22. The van der Waals surface area contributed by atoms with Crippen LogP contribution in [-0.2, 0) is 0 Å². The first kappa shape index (κ1) is 7.80. The topological polar surface area (TPSA) is 20.2 Å². The second-order valence-electron chi connectivity index (χ2n) is 3.23. The fourth-order valence-electron chi connectivity index (χ4n) is 1.62. The number of aliphatic hydroxyl groups is 1. The molecule has 1 fully saturated rings. The number of hydrogen-bond acceptors (Lipinski definition) is 1. The first-order valence-electron chi connectivity index (χ1n) is 4.08. The van der Waals surface area contributed by atoms with Crippen molar-refractivity contribution in [2.45, 2.75) is 38.7 Å². The van der Waals surface area contributed by atoms with Gasteiger partial charge in [-0.15, -0.1) is 0 Å². The standard InChI is InChI=1S/C9H16O/c1-3-8-5-4-7(2)6-9(8)10/h8-10H,2-6H2,1H3/t8-,9+/m1/s1. The van der Waals surface area contributed by atoms with Crippen molar-refractivity contribution in [3.63, 3.8) is 0 Å². The van der Waals surface area contributed by atoms with Gasteiger partial charge in [0.15, 0.2) is 0 Å². The Labute approximate surface area is 62.8 Å². The van der Waals surface area contributed by atoms with Crippen molar-refractivity contribution >= 4 is 0 Å². The summed E-state index contributed by atoms with van der Waals surface area (Å²) in [6, 6.07) is 0. The van der Waals surface area contributed by atoms with Crippen molar-refractivity contribution in [3.05, 3.63) is 12.2 Å². The number of aliphatic hydroxyl groups excluding tert-OH is 1. The molecule has 0 bridgehead atoms. The van der Waals surface area contributed by atoms with Crippen LogP contribution in [0.15, 0.2) is 12.2 Å². The molecular weight excluding hydrogens is 124 g/mol. The van der Waals surface area contributed by atoms with E-state index in [1.807, 2.05) is 0 Å². The molecule has 0 amide bonds. The molecule has 2 atom stereocenters. The molecule has 58 valence electrons. The molecule has 0 aromatic rings. The maximum absolute atomic E-state index is 9.48. The summed E-state index contributed by atoms with van der Waals surface area (Å²) in [6.07, 6.45) is 4.09.